The van der Waals surface area contributed by atoms with E-state index in [0.29, 0.717) is 12.0 Å². The first kappa shape index (κ1) is 38.2. The van der Waals surface area contributed by atoms with Crippen LogP contribution in [0.15, 0.2) is 59.5 Å². The summed E-state index contributed by atoms with van der Waals surface area (Å²) in [5, 5.41) is 0.806. The zero-order valence-corrected chi connectivity index (χ0v) is 30.7. The summed E-state index contributed by atoms with van der Waals surface area (Å²) in [7, 11) is -8.19. The Morgan fingerprint density at radius 3 is 2.10 bits per heavy atom. The molecule has 1 unspecified atom stereocenters. The minimum absolute atomic E-state index is 0.0666. The van der Waals surface area contributed by atoms with E-state index < -0.39 is 89.5 Å². The molecule has 276 valence electrons. The van der Waals surface area contributed by atoms with Crippen LogP contribution in [0.1, 0.15) is 51.3 Å². The second kappa shape index (κ2) is 13.5. The molecule has 4 aliphatic rings. The number of ether oxygens (including phenoxy) is 2. The Labute approximate surface area is 299 Å². The SMILES string of the molecule is CC1(C)S[C@H]2CC(=O)N2C1C(=O)OCOC(=O)[C@@H]1N2C(=O)[C@@H](NC(=O)[C@H](N)c3ccccc3)[C@H]2S(=O)(=O)C1(C)C.Cc1ccc(S(=O)(=O)O)cc1. The fraction of sp³-hybridized carbons (Fsp3) is 0.469. The number of β-lactam (4-membered cyclic amide) rings is 2. The Hall–Kier alpha value is -4.04. The number of rotatable bonds is 8. The van der Waals surface area contributed by atoms with Gasteiger partial charge < -0.3 is 30.3 Å². The fourth-order valence-electron chi connectivity index (χ4n) is 6.45. The molecule has 0 aliphatic carbocycles. The lowest BCUT2D eigenvalue weighted by Crippen LogP contribution is -2.72. The van der Waals surface area contributed by atoms with Crippen molar-refractivity contribution in [2.75, 3.05) is 6.79 Å². The Kier molecular flexibility index (Phi) is 10.1. The summed E-state index contributed by atoms with van der Waals surface area (Å²) in [6.07, 6.45) is 0.336. The normalized spacial score (nSPS) is 27.0. The lowest BCUT2D eigenvalue weighted by molar-refractivity contribution is -0.181. The minimum atomic E-state index is -4.17. The van der Waals surface area contributed by atoms with Crippen LogP contribution in [0.2, 0.25) is 0 Å². The van der Waals surface area contributed by atoms with Gasteiger partial charge in [0.05, 0.1) is 16.7 Å². The van der Waals surface area contributed by atoms with Gasteiger partial charge in [-0.05, 0) is 52.3 Å². The number of amides is 3. The number of hydrogen-bond acceptors (Lipinski definition) is 13. The molecule has 3 amide bonds. The van der Waals surface area contributed by atoms with Crippen molar-refractivity contribution in [1.29, 1.82) is 0 Å². The van der Waals surface area contributed by atoms with E-state index >= 15 is 0 Å². The highest BCUT2D eigenvalue weighted by atomic mass is 32.2. The number of carbonyl (C=O) groups excluding carboxylic acids is 5. The Morgan fingerprint density at radius 1 is 0.980 bits per heavy atom. The van der Waals surface area contributed by atoms with Gasteiger partial charge in [0.25, 0.3) is 10.1 Å². The Morgan fingerprint density at radius 2 is 1.55 bits per heavy atom. The molecule has 4 N–H and O–H groups in total. The zero-order chi connectivity index (χ0) is 37.8. The first-order valence-electron chi connectivity index (χ1n) is 15.6. The van der Waals surface area contributed by atoms with Gasteiger partial charge in [-0.2, -0.15) is 8.42 Å². The van der Waals surface area contributed by atoms with E-state index in [1.807, 2.05) is 20.8 Å². The van der Waals surface area contributed by atoms with Crippen LogP contribution in [-0.4, -0.2) is 106 Å². The third-order valence-electron chi connectivity index (χ3n) is 9.30. The van der Waals surface area contributed by atoms with Gasteiger partial charge in [-0.25, -0.2) is 18.0 Å². The Bertz CT molecular complexity index is 1970. The maximum absolute atomic E-state index is 13.4. The lowest BCUT2D eigenvalue weighted by Gasteiger charge is -2.43. The number of benzene rings is 2. The molecule has 0 saturated carbocycles. The van der Waals surface area contributed by atoms with Crippen LogP contribution in [0.25, 0.3) is 0 Å². The predicted octanol–water partition coefficient (Wildman–Crippen LogP) is 0.653. The molecule has 51 heavy (non-hydrogen) atoms. The number of carbonyl (C=O) groups is 5. The molecular weight excluding hydrogens is 729 g/mol. The monoisotopic (exact) mass is 766 g/mol. The molecule has 0 radical (unpaired) electrons. The molecule has 6 atom stereocenters. The van der Waals surface area contributed by atoms with Crippen molar-refractivity contribution in [1.82, 2.24) is 15.1 Å². The van der Waals surface area contributed by atoms with Crippen LogP contribution in [0.3, 0.4) is 0 Å². The summed E-state index contributed by atoms with van der Waals surface area (Å²) in [6, 6.07) is 9.39. The second-order valence-electron chi connectivity index (χ2n) is 13.5. The summed E-state index contributed by atoms with van der Waals surface area (Å²) >= 11 is 1.48. The van der Waals surface area contributed by atoms with Crippen molar-refractivity contribution in [2.24, 2.45) is 5.73 Å². The second-order valence-corrected chi connectivity index (χ2v) is 19.4. The van der Waals surface area contributed by atoms with Crippen LogP contribution in [-0.2, 0) is 53.4 Å². The van der Waals surface area contributed by atoms with E-state index in [-0.39, 0.29) is 16.2 Å². The van der Waals surface area contributed by atoms with E-state index in [1.165, 1.54) is 42.6 Å². The molecule has 4 heterocycles. The molecule has 6 rings (SSSR count). The van der Waals surface area contributed by atoms with Gasteiger partial charge in [0, 0.05) is 4.75 Å². The first-order valence-corrected chi connectivity index (χ1v) is 19.5. The largest absolute Gasteiger partial charge is 0.426 e. The van der Waals surface area contributed by atoms with Gasteiger partial charge in [-0.1, -0.05) is 48.0 Å². The molecule has 2 aromatic rings. The molecule has 16 nitrogen and oxygen atoms in total. The number of nitrogens with one attached hydrogen (secondary N) is 1. The quantitative estimate of drug-likeness (QED) is 0.145. The minimum Gasteiger partial charge on any atom is -0.426 e. The van der Waals surface area contributed by atoms with Gasteiger partial charge in [0.2, 0.25) is 24.5 Å². The van der Waals surface area contributed by atoms with Crippen molar-refractivity contribution in [3.8, 4) is 0 Å². The van der Waals surface area contributed by atoms with E-state index in [0.717, 1.165) is 10.5 Å². The smallest absolute Gasteiger partial charge is 0.333 e. The number of aryl methyl sites for hydroxylation is 1. The van der Waals surface area contributed by atoms with Crippen LogP contribution < -0.4 is 11.1 Å². The maximum atomic E-state index is 13.4. The summed E-state index contributed by atoms with van der Waals surface area (Å²) in [5.41, 5.74) is 7.42. The Balaban J connectivity index is 0.000000392. The molecule has 0 aromatic heterocycles. The number of thioether (sulfide) groups is 1. The van der Waals surface area contributed by atoms with Gasteiger partial charge in [0.1, 0.15) is 28.9 Å². The van der Waals surface area contributed by atoms with E-state index in [4.69, 9.17) is 19.8 Å². The van der Waals surface area contributed by atoms with Crippen molar-refractivity contribution in [3.05, 3.63) is 65.7 Å². The average molecular weight is 767 g/mol. The summed E-state index contributed by atoms with van der Waals surface area (Å²) in [6.45, 7) is 7.21. The molecule has 0 spiro atoms. The topological polar surface area (TPSA) is 237 Å². The van der Waals surface area contributed by atoms with Crippen molar-refractivity contribution < 1.29 is 54.8 Å². The molecule has 4 aliphatic heterocycles. The highest BCUT2D eigenvalue weighted by molar-refractivity contribution is 8.01. The number of sulfone groups is 1. The van der Waals surface area contributed by atoms with Gasteiger partial charge in [-0.3, -0.25) is 18.9 Å². The third kappa shape index (κ3) is 6.84. The van der Waals surface area contributed by atoms with E-state index in [1.54, 1.807) is 42.5 Å². The number of esters is 2. The number of hydrogen-bond donors (Lipinski definition) is 3. The fourth-order valence-corrected chi connectivity index (χ4v) is 10.8. The van der Waals surface area contributed by atoms with Crippen LogP contribution >= 0.6 is 11.8 Å². The summed E-state index contributed by atoms with van der Waals surface area (Å²) in [4.78, 5) is 65.9. The van der Waals surface area contributed by atoms with Crippen LogP contribution in [0, 0.1) is 6.92 Å². The first-order chi connectivity index (χ1) is 23.6. The van der Waals surface area contributed by atoms with E-state index in [2.05, 4.69) is 5.32 Å². The van der Waals surface area contributed by atoms with Crippen molar-refractivity contribution in [2.45, 2.75) is 90.3 Å². The maximum Gasteiger partial charge on any atom is 0.333 e. The predicted molar refractivity (Wildman–Crippen MR) is 181 cm³/mol. The van der Waals surface area contributed by atoms with E-state index in [9.17, 15) is 40.8 Å². The number of fused-ring (bicyclic) bond motifs is 2. The molecule has 19 heteroatoms. The highest BCUT2D eigenvalue weighted by Crippen LogP contribution is 2.51. The molecule has 4 fully saturated rings. The zero-order valence-electron chi connectivity index (χ0n) is 28.2. The average Bonchev–Trinajstić information content (AvgIpc) is 3.36. The highest BCUT2D eigenvalue weighted by Gasteiger charge is 2.73. The molecule has 0 bridgehead atoms. The number of nitrogens with two attached hydrogens (primary N) is 1. The molecule has 2 aromatic carbocycles. The number of nitrogens with zero attached hydrogens (tertiary/aromatic N) is 2. The van der Waals surface area contributed by atoms with Gasteiger partial charge in [0.15, 0.2) is 15.2 Å². The third-order valence-corrected chi connectivity index (χ3v) is 14.5. The lowest BCUT2D eigenvalue weighted by atomic mass is 9.95. The summed E-state index contributed by atoms with van der Waals surface area (Å²) in [5.74, 6) is -3.53. The molecule has 4 saturated heterocycles. The summed E-state index contributed by atoms with van der Waals surface area (Å²) < 4.78 is 64.2. The van der Waals surface area contributed by atoms with Gasteiger partial charge >= 0.3 is 11.9 Å². The molecular formula is C32H38N4O12S3. The standard InChI is InChI=1S/C25H30N4O9S2.C7H8O3S/c1-24(2)17(28-13(30)10-14(28)39-24)22(33)37-11-38-23(34)18-25(3,4)40(35,36)21-16(20(32)29(18)21)27-19(31)15(26)12-8-6-5-7-9-12;1-6-2-4-7(5-3-6)11(8,9)10/h5-9,14-18,21H,10-11,26H2,1-4H3,(H,27,31);2-5H,1H3,(H,8,9,10)/t14-,15+,16+,17?,18-,21+;/m0./s1. The van der Waals surface area contributed by atoms with Crippen LogP contribution in [0.5, 0.6) is 0 Å². The van der Waals surface area contributed by atoms with Crippen molar-refractivity contribution in [3.63, 3.8) is 0 Å². The van der Waals surface area contributed by atoms with Crippen molar-refractivity contribution >= 4 is 61.4 Å². The van der Waals surface area contributed by atoms with Crippen LogP contribution in [0.4, 0.5) is 0 Å². The van der Waals surface area contributed by atoms with Gasteiger partial charge in [-0.15, -0.1) is 11.8 Å².